The van der Waals surface area contributed by atoms with E-state index in [1.165, 1.54) is 11.8 Å². The Morgan fingerprint density at radius 2 is 1.87 bits per heavy atom. The summed E-state index contributed by atoms with van der Waals surface area (Å²) in [6.07, 6.45) is 0. The van der Waals surface area contributed by atoms with E-state index in [0.717, 1.165) is 16.5 Å². The van der Waals surface area contributed by atoms with Gasteiger partial charge in [-0.1, -0.05) is 65.3 Å². The second-order valence-corrected chi connectivity index (χ2v) is 8.51. The van der Waals surface area contributed by atoms with Crippen molar-refractivity contribution in [2.24, 2.45) is 7.05 Å². The summed E-state index contributed by atoms with van der Waals surface area (Å²) in [6, 6.07) is 18.9. The minimum atomic E-state index is -0.117. The molecule has 31 heavy (non-hydrogen) atoms. The smallest absolute Gasteiger partial charge is 0.234 e. The molecule has 1 N–H and O–H groups in total. The molecule has 158 valence electrons. The van der Waals surface area contributed by atoms with Gasteiger partial charge in [0, 0.05) is 17.8 Å². The number of anilines is 1. The Kier molecular flexibility index (Phi) is 6.65. The van der Waals surface area contributed by atoms with Crippen molar-refractivity contribution in [3.05, 3.63) is 76.5 Å². The molecule has 1 heterocycles. The van der Waals surface area contributed by atoms with Crippen LogP contribution in [-0.4, -0.2) is 26.4 Å². The maximum atomic E-state index is 12.4. The van der Waals surface area contributed by atoms with Crippen LogP contribution in [0, 0.1) is 0 Å². The van der Waals surface area contributed by atoms with Crippen molar-refractivity contribution in [3.8, 4) is 5.75 Å². The number of fused-ring (bicyclic) bond motifs is 1. The van der Waals surface area contributed by atoms with Crippen molar-refractivity contribution in [2.45, 2.75) is 11.8 Å². The lowest BCUT2D eigenvalue weighted by Crippen LogP contribution is -2.14. The lowest BCUT2D eigenvalue weighted by molar-refractivity contribution is -0.113. The maximum Gasteiger partial charge on any atom is 0.234 e. The molecular weight excluding hydrogens is 455 g/mol. The summed E-state index contributed by atoms with van der Waals surface area (Å²) in [6.45, 7) is 0.189. The number of carbonyl (C=O) groups is 1. The zero-order chi connectivity index (χ0) is 21.8. The molecule has 0 bridgehead atoms. The topological polar surface area (TPSA) is 69.0 Å². The van der Waals surface area contributed by atoms with Gasteiger partial charge >= 0.3 is 0 Å². The minimum absolute atomic E-state index is 0.117. The number of hydrogen-bond acceptors (Lipinski definition) is 5. The fourth-order valence-electron chi connectivity index (χ4n) is 2.93. The maximum absolute atomic E-state index is 12.4. The molecule has 0 unspecified atom stereocenters. The van der Waals surface area contributed by atoms with Crippen molar-refractivity contribution < 1.29 is 9.53 Å². The molecule has 0 saturated heterocycles. The van der Waals surface area contributed by atoms with Crippen LogP contribution in [0.3, 0.4) is 0 Å². The van der Waals surface area contributed by atoms with Crippen molar-refractivity contribution in [2.75, 3.05) is 11.1 Å². The number of ether oxygens (including phenoxy) is 1. The van der Waals surface area contributed by atoms with Crippen LogP contribution in [0.5, 0.6) is 5.75 Å². The molecule has 1 aromatic heterocycles. The third-order valence-corrected chi connectivity index (χ3v) is 6.09. The number of nitrogens with one attached hydrogen (secondary N) is 1. The number of rotatable bonds is 7. The van der Waals surface area contributed by atoms with E-state index in [1.54, 1.807) is 22.8 Å². The lowest BCUT2D eigenvalue weighted by Gasteiger charge is -2.08. The predicted molar refractivity (Wildman–Crippen MR) is 125 cm³/mol. The zero-order valence-electron chi connectivity index (χ0n) is 16.5. The van der Waals surface area contributed by atoms with Gasteiger partial charge in [0.1, 0.15) is 12.4 Å². The van der Waals surface area contributed by atoms with Gasteiger partial charge in [0.25, 0.3) is 0 Å². The third-order valence-electron chi connectivity index (χ3n) is 4.54. The number of benzene rings is 3. The minimum Gasteiger partial charge on any atom is -0.484 e. The molecule has 0 spiro atoms. The summed E-state index contributed by atoms with van der Waals surface area (Å²) in [7, 11) is 1.83. The summed E-state index contributed by atoms with van der Waals surface area (Å²) in [5.74, 6) is 1.22. The van der Waals surface area contributed by atoms with Gasteiger partial charge in [-0.05, 0) is 41.1 Å². The molecule has 3 aromatic carbocycles. The van der Waals surface area contributed by atoms with Gasteiger partial charge in [-0.3, -0.25) is 4.79 Å². The highest BCUT2D eigenvalue weighted by molar-refractivity contribution is 7.99. The summed E-state index contributed by atoms with van der Waals surface area (Å²) in [5.41, 5.74) is 0.760. The Bertz CT molecular complexity index is 1250. The highest BCUT2D eigenvalue weighted by atomic mass is 35.5. The summed E-state index contributed by atoms with van der Waals surface area (Å²) < 4.78 is 7.50. The van der Waals surface area contributed by atoms with Gasteiger partial charge in [-0.15, -0.1) is 10.2 Å². The number of halogens is 2. The molecule has 0 radical (unpaired) electrons. The number of thioether (sulfide) groups is 1. The number of aromatic nitrogens is 3. The first-order valence-corrected chi connectivity index (χ1v) is 11.1. The third kappa shape index (κ3) is 5.31. The molecule has 6 nitrogen and oxygen atoms in total. The normalized spacial score (nSPS) is 10.9. The van der Waals surface area contributed by atoms with Gasteiger partial charge in [0.05, 0.1) is 10.8 Å². The molecule has 0 atom stereocenters. The standard InChI is InChI=1S/C22H18Cl2N4O2S/c1-28-20(12-30-19-9-7-16(23)11-18(19)24)26-27-22(28)31-13-21(29)25-17-8-6-14-4-2-3-5-15(14)10-17/h2-11H,12-13H2,1H3,(H,25,29). The highest BCUT2D eigenvalue weighted by Gasteiger charge is 2.13. The largest absolute Gasteiger partial charge is 0.484 e. The molecule has 4 rings (SSSR count). The second kappa shape index (κ2) is 9.60. The van der Waals surface area contributed by atoms with E-state index < -0.39 is 0 Å². The van der Waals surface area contributed by atoms with E-state index in [2.05, 4.69) is 15.5 Å². The SMILES string of the molecule is Cn1c(COc2ccc(Cl)cc2Cl)nnc1SCC(=O)Nc1ccc2ccccc2c1. The van der Waals surface area contributed by atoms with Gasteiger partial charge in [0.15, 0.2) is 11.0 Å². The molecule has 0 fully saturated rings. The van der Waals surface area contributed by atoms with Crippen LogP contribution >= 0.6 is 35.0 Å². The molecular formula is C22H18Cl2N4O2S. The lowest BCUT2D eigenvalue weighted by atomic mass is 10.1. The molecule has 0 aliphatic heterocycles. The first-order chi connectivity index (χ1) is 15.0. The quantitative estimate of drug-likeness (QED) is 0.355. The molecule has 0 aliphatic carbocycles. The fraction of sp³-hybridized carbons (Fsp3) is 0.136. The number of nitrogens with zero attached hydrogens (tertiary/aromatic N) is 3. The van der Waals surface area contributed by atoms with Crippen LogP contribution in [0.4, 0.5) is 5.69 Å². The molecule has 1 amide bonds. The summed E-state index contributed by atoms with van der Waals surface area (Å²) >= 11 is 13.3. The van der Waals surface area contributed by atoms with E-state index in [1.807, 2.05) is 49.5 Å². The fourth-order valence-corrected chi connectivity index (χ4v) is 4.12. The van der Waals surface area contributed by atoms with Gasteiger partial charge in [-0.25, -0.2) is 0 Å². The number of carbonyl (C=O) groups excluding carboxylic acids is 1. The molecule has 0 saturated carbocycles. The Balaban J connectivity index is 1.33. The highest BCUT2D eigenvalue weighted by Crippen LogP contribution is 2.28. The average molecular weight is 473 g/mol. The van der Waals surface area contributed by atoms with E-state index in [0.29, 0.717) is 26.8 Å². The van der Waals surface area contributed by atoms with Crippen molar-refractivity contribution in [3.63, 3.8) is 0 Å². The summed E-state index contributed by atoms with van der Waals surface area (Å²) in [5, 5.41) is 15.0. The monoisotopic (exact) mass is 472 g/mol. The zero-order valence-corrected chi connectivity index (χ0v) is 18.8. The van der Waals surface area contributed by atoms with E-state index in [4.69, 9.17) is 27.9 Å². The predicted octanol–water partition coefficient (Wildman–Crippen LogP) is 5.58. The van der Waals surface area contributed by atoms with Crippen molar-refractivity contribution >= 4 is 57.3 Å². The Labute approximate surface area is 193 Å². The van der Waals surface area contributed by atoms with Crippen LogP contribution in [0.1, 0.15) is 5.82 Å². The summed E-state index contributed by atoms with van der Waals surface area (Å²) in [4.78, 5) is 12.4. The van der Waals surface area contributed by atoms with E-state index >= 15 is 0 Å². The van der Waals surface area contributed by atoms with Crippen LogP contribution < -0.4 is 10.1 Å². The van der Waals surface area contributed by atoms with Crippen LogP contribution in [0.15, 0.2) is 65.8 Å². The number of amides is 1. The van der Waals surface area contributed by atoms with Gasteiger partial charge in [-0.2, -0.15) is 0 Å². The van der Waals surface area contributed by atoms with Crippen molar-refractivity contribution in [1.82, 2.24) is 14.8 Å². The molecule has 9 heteroatoms. The van der Waals surface area contributed by atoms with Crippen LogP contribution in [0.25, 0.3) is 10.8 Å². The molecule has 0 aliphatic rings. The van der Waals surface area contributed by atoms with Crippen molar-refractivity contribution in [1.29, 1.82) is 0 Å². The van der Waals surface area contributed by atoms with Crippen LogP contribution in [-0.2, 0) is 18.4 Å². The second-order valence-electron chi connectivity index (χ2n) is 6.72. The Morgan fingerprint density at radius 3 is 2.68 bits per heavy atom. The number of hydrogen-bond donors (Lipinski definition) is 1. The average Bonchev–Trinajstić information content (AvgIpc) is 3.11. The first kappa shape index (κ1) is 21.5. The Hall–Kier alpha value is -2.74. The molecule has 4 aromatic rings. The van der Waals surface area contributed by atoms with Crippen LogP contribution in [0.2, 0.25) is 10.0 Å². The van der Waals surface area contributed by atoms with E-state index in [-0.39, 0.29) is 18.3 Å². The Morgan fingerprint density at radius 1 is 1.06 bits per heavy atom. The first-order valence-electron chi connectivity index (χ1n) is 9.37. The van der Waals surface area contributed by atoms with E-state index in [9.17, 15) is 4.79 Å². The van der Waals surface area contributed by atoms with Gasteiger partial charge < -0.3 is 14.6 Å². The van der Waals surface area contributed by atoms with Gasteiger partial charge in [0.2, 0.25) is 5.91 Å².